The Hall–Kier alpha value is -3.95. The number of pyridine rings is 1. The minimum Gasteiger partial charge on any atom is -0.376 e. The molecule has 2 N–H and O–H groups in total. The molecule has 0 saturated heterocycles. The number of para-hydroxylation sites is 1. The summed E-state index contributed by atoms with van der Waals surface area (Å²) < 4.78 is 40.0. The van der Waals surface area contributed by atoms with Crippen LogP contribution in [0.4, 0.5) is 30.5 Å². The van der Waals surface area contributed by atoms with Gasteiger partial charge >= 0.3 is 6.18 Å². The molecule has 0 saturated carbocycles. The Balaban J connectivity index is 1.42. The molecule has 7 nitrogen and oxygen atoms in total. The molecule has 0 aliphatic heterocycles. The average molecular weight is 482 g/mol. The van der Waals surface area contributed by atoms with Crippen LogP contribution in [0.3, 0.4) is 0 Å². The lowest BCUT2D eigenvalue weighted by atomic mass is 9.81. The van der Waals surface area contributed by atoms with Gasteiger partial charge in [-0.2, -0.15) is 18.3 Å². The van der Waals surface area contributed by atoms with Crippen molar-refractivity contribution in [2.75, 3.05) is 29.7 Å². The fourth-order valence-electron chi connectivity index (χ4n) is 3.77. The van der Waals surface area contributed by atoms with E-state index in [1.54, 1.807) is 24.4 Å². The van der Waals surface area contributed by atoms with Gasteiger partial charge < -0.3 is 10.2 Å². The van der Waals surface area contributed by atoms with Crippen molar-refractivity contribution in [3.05, 3.63) is 71.8 Å². The van der Waals surface area contributed by atoms with Crippen LogP contribution in [0.15, 0.2) is 65.6 Å². The monoisotopic (exact) mass is 481 g/mol. The van der Waals surface area contributed by atoms with Gasteiger partial charge in [0, 0.05) is 31.6 Å². The Kier molecular flexibility index (Phi) is 6.47. The predicted octanol–water partition coefficient (Wildman–Crippen LogP) is 5.67. The van der Waals surface area contributed by atoms with E-state index in [1.165, 1.54) is 25.3 Å². The Bertz CT molecular complexity index is 1310. The zero-order valence-corrected chi connectivity index (χ0v) is 19.9. The van der Waals surface area contributed by atoms with Crippen molar-refractivity contribution < 1.29 is 13.2 Å². The smallest absolute Gasteiger partial charge is 0.376 e. The fraction of sp³-hybridized carbons (Fsp3) is 0.280. The second-order valence-electron chi connectivity index (χ2n) is 8.81. The van der Waals surface area contributed by atoms with E-state index in [0.717, 1.165) is 22.3 Å². The van der Waals surface area contributed by atoms with Crippen LogP contribution in [-0.2, 0) is 0 Å². The molecule has 10 heteroatoms. The van der Waals surface area contributed by atoms with Gasteiger partial charge in [-0.1, -0.05) is 24.3 Å². The number of aryl methyl sites for hydroxylation is 1. The summed E-state index contributed by atoms with van der Waals surface area (Å²) in [5.74, 6) is 0.365. The molecule has 2 heterocycles. The van der Waals surface area contributed by atoms with E-state index >= 15 is 0 Å². The van der Waals surface area contributed by atoms with E-state index in [2.05, 4.69) is 30.8 Å². The van der Waals surface area contributed by atoms with Crippen molar-refractivity contribution in [2.45, 2.75) is 26.4 Å². The standard InChI is InChI=1S/C25H26F3N7/c1-16-20-8-5-9-21(35(3)4)22(20)33-23(31-16)34-30-15-18-10-11-19(14-29-18)32-17-7-6-12-24(2,13-17)25(26,27)28/h5-12,14-15,32H,13H2,1-4H3,(H,31,33,34)/b30-15+. The molecular weight excluding hydrogens is 455 g/mol. The molecule has 1 aromatic carbocycles. The van der Waals surface area contributed by atoms with Crippen molar-refractivity contribution in [3.63, 3.8) is 0 Å². The second-order valence-corrected chi connectivity index (χ2v) is 8.81. The summed E-state index contributed by atoms with van der Waals surface area (Å²) in [6.07, 6.45) is 2.83. The van der Waals surface area contributed by atoms with Crippen LogP contribution in [0.5, 0.6) is 0 Å². The maximum atomic E-state index is 13.3. The van der Waals surface area contributed by atoms with Gasteiger partial charge in [0.1, 0.15) is 0 Å². The SMILES string of the molecule is Cc1nc(N/N=C/c2ccc(NC3=CC=CC(C)(C(F)(F)F)C3)cn2)nc2c(N(C)C)cccc12. The van der Waals surface area contributed by atoms with Crippen LogP contribution in [0.1, 0.15) is 24.7 Å². The Morgan fingerprint density at radius 1 is 1.14 bits per heavy atom. The molecule has 0 bridgehead atoms. The predicted molar refractivity (Wildman–Crippen MR) is 134 cm³/mol. The van der Waals surface area contributed by atoms with Gasteiger partial charge in [-0.15, -0.1) is 0 Å². The van der Waals surface area contributed by atoms with E-state index < -0.39 is 11.6 Å². The van der Waals surface area contributed by atoms with Crippen molar-refractivity contribution in [2.24, 2.45) is 10.5 Å². The first-order chi connectivity index (χ1) is 16.6. The van der Waals surface area contributed by atoms with Crippen LogP contribution in [0, 0.1) is 12.3 Å². The number of hydrogen-bond donors (Lipinski definition) is 2. The van der Waals surface area contributed by atoms with Gasteiger partial charge in [-0.05, 0) is 38.1 Å². The second kappa shape index (κ2) is 9.36. The van der Waals surface area contributed by atoms with Gasteiger partial charge in [-0.25, -0.2) is 15.4 Å². The van der Waals surface area contributed by atoms with Crippen LogP contribution >= 0.6 is 0 Å². The third kappa shape index (κ3) is 5.26. The summed E-state index contributed by atoms with van der Waals surface area (Å²) in [6, 6.07) is 9.39. The number of hydrazone groups is 1. The summed E-state index contributed by atoms with van der Waals surface area (Å²) in [5, 5.41) is 8.17. The highest BCUT2D eigenvalue weighted by atomic mass is 19.4. The lowest BCUT2D eigenvalue weighted by molar-refractivity contribution is -0.199. The van der Waals surface area contributed by atoms with Gasteiger partial charge in [-0.3, -0.25) is 4.98 Å². The average Bonchev–Trinajstić information content (AvgIpc) is 2.79. The maximum absolute atomic E-state index is 13.3. The number of nitrogens with zero attached hydrogens (tertiary/aromatic N) is 5. The number of fused-ring (bicyclic) bond motifs is 1. The molecule has 182 valence electrons. The number of rotatable bonds is 6. The highest BCUT2D eigenvalue weighted by molar-refractivity contribution is 5.92. The third-order valence-corrected chi connectivity index (χ3v) is 5.80. The van der Waals surface area contributed by atoms with E-state index in [-0.39, 0.29) is 6.42 Å². The zero-order chi connectivity index (χ0) is 25.2. The third-order valence-electron chi connectivity index (χ3n) is 5.80. The van der Waals surface area contributed by atoms with Gasteiger partial charge in [0.25, 0.3) is 0 Å². The maximum Gasteiger partial charge on any atom is 0.397 e. The first-order valence-corrected chi connectivity index (χ1v) is 11.0. The highest BCUT2D eigenvalue weighted by Crippen LogP contribution is 2.45. The minimum atomic E-state index is -4.32. The molecule has 1 atom stereocenters. The van der Waals surface area contributed by atoms with Crippen molar-refractivity contribution in [3.8, 4) is 0 Å². The molecule has 1 aliphatic rings. The van der Waals surface area contributed by atoms with Gasteiger partial charge in [0.05, 0.1) is 46.1 Å². The quantitative estimate of drug-likeness (QED) is 0.349. The number of nitrogens with one attached hydrogen (secondary N) is 2. The zero-order valence-electron chi connectivity index (χ0n) is 19.9. The number of hydrogen-bond acceptors (Lipinski definition) is 7. The van der Waals surface area contributed by atoms with Crippen molar-refractivity contribution in [1.29, 1.82) is 0 Å². The van der Waals surface area contributed by atoms with Gasteiger partial charge in [0.2, 0.25) is 5.95 Å². The van der Waals surface area contributed by atoms with E-state index in [1.807, 2.05) is 44.1 Å². The molecule has 4 rings (SSSR count). The summed E-state index contributed by atoms with van der Waals surface area (Å²) in [5.41, 5.74) is 5.20. The Morgan fingerprint density at radius 3 is 2.63 bits per heavy atom. The number of halogens is 3. The summed E-state index contributed by atoms with van der Waals surface area (Å²) in [7, 11) is 3.91. The lowest BCUT2D eigenvalue weighted by Crippen LogP contribution is -2.35. The van der Waals surface area contributed by atoms with E-state index in [9.17, 15) is 13.2 Å². The Morgan fingerprint density at radius 2 is 1.94 bits per heavy atom. The van der Waals surface area contributed by atoms with Crippen LogP contribution in [-0.4, -0.2) is 41.4 Å². The van der Waals surface area contributed by atoms with E-state index in [4.69, 9.17) is 0 Å². The van der Waals surface area contributed by atoms with Crippen molar-refractivity contribution >= 4 is 34.4 Å². The number of anilines is 3. The molecule has 3 aromatic rings. The van der Waals surface area contributed by atoms with Crippen LogP contribution < -0.4 is 15.6 Å². The molecule has 0 spiro atoms. The Labute approximate surface area is 201 Å². The number of benzene rings is 1. The molecule has 1 aliphatic carbocycles. The minimum absolute atomic E-state index is 0.166. The summed E-state index contributed by atoms with van der Waals surface area (Å²) in [4.78, 5) is 15.4. The highest BCUT2D eigenvalue weighted by Gasteiger charge is 2.50. The first-order valence-electron chi connectivity index (χ1n) is 11.0. The number of allylic oxidation sites excluding steroid dienone is 4. The fourth-order valence-corrected chi connectivity index (χ4v) is 3.77. The molecule has 0 amide bonds. The van der Waals surface area contributed by atoms with Gasteiger partial charge in [0.15, 0.2) is 0 Å². The normalized spacial score (nSPS) is 18.1. The van der Waals surface area contributed by atoms with Crippen molar-refractivity contribution in [1.82, 2.24) is 15.0 Å². The number of aromatic nitrogens is 3. The lowest BCUT2D eigenvalue weighted by Gasteiger charge is -2.32. The largest absolute Gasteiger partial charge is 0.397 e. The van der Waals surface area contributed by atoms with Crippen LogP contribution in [0.25, 0.3) is 10.9 Å². The topological polar surface area (TPSA) is 78.3 Å². The number of alkyl halides is 3. The molecule has 0 fully saturated rings. The van der Waals surface area contributed by atoms with E-state index in [0.29, 0.717) is 23.0 Å². The molecule has 35 heavy (non-hydrogen) atoms. The molecule has 2 aromatic heterocycles. The molecule has 1 unspecified atom stereocenters. The first kappa shape index (κ1) is 24.2. The molecule has 0 radical (unpaired) electrons. The summed E-state index contributed by atoms with van der Waals surface area (Å²) in [6.45, 7) is 3.10. The van der Waals surface area contributed by atoms with Crippen LogP contribution in [0.2, 0.25) is 0 Å². The molecular formula is C25H26F3N7. The summed E-state index contributed by atoms with van der Waals surface area (Å²) >= 11 is 0.